The molecule has 4 aromatic rings. The van der Waals surface area contributed by atoms with Gasteiger partial charge in [-0.3, -0.25) is 9.59 Å². The molecule has 2 aromatic heterocycles. The largest absolute Gasteiger partial charge is 0.382 e. The Hall–Kier alpha value is -5.53. The van der Waals surface area contributed by atoms with Gasteiger partial charge in [0.15, 0.2) is 5.82 Å². The summed E-state index contributed by atoms with van der Waals surface area (Å²) in [6.07, 6.45) is 2.98. The number of likely N-dealkylation sites (tertiary alicyclic amines) is 1. The number of anilines is 3. The lowest BCUT2D eigenvalue weighted by Gasteiger charge is -2.37. The van der Waals surface area contributed by atoms with Gasteiger partial charge in [-0.25, -0.2) is 28.4 Å². The molecule has 6 rings (SSSR count). The Balaban J connectivity index is 1.21. The first-order chi connectivity index (χ1) is 22.6. The van der Waals surface area contributed by atoms with Gasteiger partial charge in [-0.05, 0) is 67.8 Å². The molecule has 2 aromatic carbocycles. The summed E-state index contributed by atoms with van der Waals surface area (Å²) in [7, 11) is 3.50. The third kappa shape index (κ3) is 5.93. The fourth-order valence-electron chi connectivity index (χ4n) is 6.27. The molecule has 0 spiro atoms. The number of carbonyl (C=O) groups excluding carboxylic acids is 4. The molecule has 1 atom stereocenters. The van der Waals surface area contributed by atoms with Crippen molar-refractivity contribution >= 4 is 46.6 Å². The van der Waals surface area contributed by atoms with Gasteiger partial charge in [0.2, 0.25) is 11.8 Å². The van der Waals surface area contributed by atoms with Gasteiger partial charge >= 0.3 is 12.1 Å². The normalized spacial score (nSPS) is 17.4. The molecule has 0 aliphatic carbocycles. The lowest BCUT2D eigenvalue weighted by Crippen LogP contribution is -2.59. The van der Waals surface area contributed by atoms with Crippen LogP contribution in [0.25, 0.3) is 16.6 Å². The topological polar surface area (TPSA) is 149 Å². The molecular weight excluding hydrogens is 605 g/mol. The van der Waals surface area contributed by atoms with Gasteiger partial charge in [-0.2, -0.15) is 5.10 Å². The summed E-state index contributed by atoms with van der Waals surface area (Å²) in [6.45, 7) is 3.24. The number of hydrogen-bond donors (Lipinski definition) is 2. The number of carbonyl (C=O) groups is 4. The van der Waals surface area contributed by atoms with Crippen molar-refractivity contribution in [1.82, 2.24) is 29.3 Å². The third-order valence-corrected chi connectivity index (χ3v) is 8.81. The molecular formula is C33H36FN9O4. The Kier molecular flexibility index (Phi) is 8.50. The number of imide groups is 1. The smallest absolute Gasteiger partial charge is 0.331 e. The van der Waals surface area contributed by atoms with E-state index in [1.54, 1.807) is 38.1 Å². The molecule has 2 fully saturated rings. The van der Waals surface area contributed by atoms with Crippen molar-refractivity contribution in [2.75, 3.05) is 56.2 Å². The Bertz CT molecular complexity index is 1830. The predicted octanol–water partition coefficient (Wildman–Crippen LogP) is 4.02. The van der Waals surface area contributed by atoms with Crippen LogP contribution < -0.4 is 16.0 Å². The van der Waals surface area contributed by atoms with Crippen LogP contribution in [0.1, 0.15) is 31.4 Å². The maximum Gasteiger partial charge on any atom is 0.331 e. The number of nitrogen functional groups attached to an aromatic ring is 1. The molecule has 0 bridgehead atoms. The lowest BCUT2D eigenvalue weighted by atomic mass is 9.93. The van der Waals surface area contributed by atoms with Crippen LogP contribution in [0.4, 0.5) is 31.2 Å². The van der Waals surface area contributed by atoms with Crippen LogP contribution >= 0.6 is 0 Å². The highest BCUT2D eigenvalue weighted by Crippen LogP contribution is 2.37. The molecule has 6 amide bonds. The Morgan fingerprint density at radius 2 is 1.72 bits per heavy atom. The fraction of sp³-hybridized carbons (Fsp3) is 0.333. The standard InChI is InChI=1S/C33H36FN9O4/c1-4-40-18-26(31(45)42(33(40)47)24-11-7-22(34)8-12-24)30(44)38-23-9-5-20(6-10-23)25-17-27(43-28(25)29(35)36-19-37-43)21-13-15-41(16-14-21)32(46)39(2)3/h5-12,17,19,21,26H,4,13-16,18H2,1-3H3,(H,38,44)(H2,35,36,37). The van der Waals surface area contributed by atoms with Crippen molar-refractivity contribution in [3.63, 3.8) is 0 Å². The molecule has 14 heteroatoms. The molecule has 244 valence electrons. The highest BCUT2D eigenvalue weighted by atomic mass is 19.1. The summed E-state index contributed by atoms with van der Waals surface area (Å²) >= 11 is 0. The number of nitrogens with two attached hydrogens (primary N) is 1. The maximum atomic E-state index is 13.5. The minimum Gasteiger partial charge on any atom is -0.382 e. The SMILES string of the molecule is CCN1CC(C(=O)Nc2ccc(-c3cc(C4CCN(C(=O)N(C)C)CC4)n4ncnc(N)c34)cc2)C(=O)N(c2ccc(F)cc2)C1=O. The molecule has 1 unspecified atom stereocenters. The number of halogens is 1. The molecule has 13 nitrogen and oxygen atoms in total. The van der Waals surface area contributed by atoms with Crippen molar-refractivity contribution in [2.45, 2.75) is 25.7 Å². The van der Waals surface area contributed by atoms with E-state index in [0.717, 1.165) is 46.7 Å². The lowest BCUT2D eigenvalue weighted by molar-refractivity contribution is -0.132. The second kappa shape index (κ2) is 12.7. The number of urea groups is 2. The van der Waals surface area contributed by atoms with Gasteiger partial charge < -0.3 is 25.8 Å². The van der Waals surface area contributed by atoms with E-state index in [9.17, 15) is 23.6 Å². The van der Waals surface area contributed by atoms with Crippen LogP contribution in [0.15, 0.2) is 60.9 Å². The number of rotatable bonds is 6. The van der Waals surface area contributed by atoms with Gasteiger partial charge in [-0.1, -0.05) is 12.1 Å². The van der Waals surface area contributed by atoms with Crippen molar-refractivity contribution in [3.05, 3.63) is 72.4 Å². The van der Waals surface area contributed by atoms with E-state index in [-0.39, 0.29) is 30.7 Å². The van der Waals surface area contributed by atoms with Gasteiger partial charge in [-0.15, -0.1) is 0 Å². The third-order valence-electron chi connectivity index (χ3n) is 8.81. The van der Waals surface area contributed by atoms with Crippen LogP contribution in [0.5, 0.6) is 0 Å². The van der Waals surface area contributed by atoms with E-state index >= 15 is 0 Å². The average molecular weight is 642 g/mol. The second-order valence-electron chi connectivity index (χ2n) is 11.9. The number of amides is 6. The van der Waals surface area contributed by atoms with E-state index in [2.05, 4.69) is 21.5 Å². The van der Waals surface area contributed by atoms with Gasteiger partial charge in [0.1, 0.15) is 23.6 Å². The number of fused-ring (bicyclic) bond motifs is 1. The van der Waals surface area contributed by atoms with Crippen molar-refractivity contribution < 1.29 is 23.6 Å². The Labute approximate surface area is 270 Å². The zero-order valence-electron chi connectivity index (χ0n) is 26.4. The van der Waals surface area contributed by atoms with Crippen LogP contribution in [0.3, 0.4) is 0 Å². The molecule has 3 N–H and O–H groups in total. The number of piperidine rings is 1. The minimum absolute atomic E-state index is 0.00265. The second-order valence-corrected chi connectivity index (χ2v) is 11.9. The number of aromatic nitrogens is 3. The average Bonchev–Trinajstić information content (AvgIpc) is 3.47. The first-order valence-corrected chi connectivity index (χ1v) is 15.5. The van der Waals surface area contributed by atoms with Crippen molar-refractivity contribution in [3.8, 4) is 11.1 Å². The molecule has 4 heterocycles. The highest BCUT2D eigenvalue weighted by Gasteiger charge is 2.43. The summed E-state index contributed by atoms with van der Waals surface area (Å²) in [6, 6.07) is 13.6. The van der Waals surface area contributed by atoms with E-state index in [1.165, 1.54) is 23.4 Å². The molecule has 2 saturated heterocycles. The first kappa shape index (κ1) is 31.5. The number of benzene rings is 2. The number of hydrogen-bond acceptors (Lipinski definition) is 7. The van der Waals surface area contributed by atoms with Gasteiger partial charge in [0, 0.05) is 63.1 Å². The summed E-state index contributed by atoms with van der Waals surface area (Å²) in [5.41, 5.74) is 10.3. The van der Waals surface area contributed by atoms with Crippen LogP contribution in [0, 0.1) is 11.7 Å². The van der Waals surface area contributed by atoms with E-state index in [1.807, 2.05) is 21.5 Å². The van der Waals surface area contributed by atoms with Gasteiger partial charge in [0.05, 0.1) is 5.69 Å². The zero-order valence-corrected chi connectivity index (χ0v) is 26.4. The monoisotopic (exact) mass is 641 g/mol. The fourth-order valence-corrected chi connectivity index (χ4v) is 6.27. The molecule has 0 saturated carbocycles. The zero-order chi connectivity index (χ0) is 33.4. The molecule has 2 aliphatic heterocycles. The molecule has 0 radical (unpaired) electrons. The number of nitrogens with zero attached hydrogens (tertiary/aromatic N) is 7. The Morgan fingerprint density at radius 3 is 2.36 bits per heavy atom. The summed E-state index contributed by atoms with van der Waals surface area (Å²) < 4.78 is 15.4. The molecule has 2 aliphatic rings. The van der Waals surface area contributed by atoms with E-state index < -0.39 is 29.6 Å². The summed E-state index contributed by atoms with van der Waals surface area (Å²) in [5.74, 6) is -2.42. The highest BCUT2D eigenvalue weighted by molar-refractivity contribution is 6.23. The van der Waals surface area contributed by atoms with Crippen LogP contribution in [-0.4, -0.2) is 93.4 Å². The first-order valence-electron chi connectivity index (χ1n) is 15.5. The van der Waals surface area contributed by atoms with Crippen molar-refractivity contribution in [1.29, 1.82) is 0 Å². The summed E-state index contributed by atoms with van der Waals surface area (Å²) in [5, 5.41) is 7.32. The van der Waals surface area contributed by atoms with E-state index in [0.29, 0.717) is 30.1 Å². The van der Waals surface area contributed by atoms with Gasteiger partial charge in [0.25, 0.3) is 0 Å². The summed E-state index contributed by atoms with van der Waals surface area (Å²) in [4.78, 5) is 62.3. The Morgan fingerprint density at radius 1 is 1.04 bits per heavy atom. The maximum absolute atomic E-state index is 13.5. The quantitative estimate of drug-likeness (QED) is 0.302. The van der Waals surface area contributed by atoms with Crippen LogP contribution in [-0.2, 0) is 9.59 Å². The minimum atomic E-state index is -1.16. The molecule has 47 heavy (non-hydrogen) atoms. The van der Waals surface area contributed by atoms with Crippen LogP contribution in [0.2, 0.25) is 0 Å². The van der Waals surface area contributed by atoms with E-state index in [4.69, 9.17) is 5.73 Å². The van der Waals surface area contributed by atoms with Crippen molar-refractivity contribution in [2.24, 2.45) is 5.92 Å². The number of nitrogens with one attached hydrogen (secondary N) is 1. The predicted molar refractivity (Wildman–Crippen MR) is 174 cm³/mol.